The van der Waals surface area contributed by atoms with E-state index in [1.807, 2.05) is 18.2 Å². The summed E-state index contributed by atoms with van der Waals surface area (Å²) in [5, 5.41) is 5.99. The van der Waals surface area contributed by atoms with Crippen LogP contribution in [0.15, 0.2) is 42.5 Å². The van der Waals surface area contributed by atoms with Gasteiger partial charge in [-0.2, -0.15) is 0 Å². The summed E-state index contributed by atoms with van der Waals surface area (Å²) >= 11 is 1.33. The van der Waals surface area contributed by atoms with Gasteiger partial charge in [0, 0.05) is 12.6 Å². The second-order valence-corrected chi connectivity index (χ2v) is 7.21. The number of ether oxygens (including phenoxy) is 2. The maximum atomic E-state index is 12.7. The molecule has 0 saturated carbocycles. The van der Waals surface area contributed by atoms with Crippen LogP contribution in [0.1, 0.15) is 13.8 Å². The van der Waals surface area contributed by atoms with Crippen molar-refractivity contribution < 1.29 is 19.1 Å². The van der Waals surface area contributed by atoms with Crippen molar-refractivity contribution in [2.45, 2.75) is 26.1 Å². The fourth-order valence-corrected chi connectivity index (χ4v) is 3.75. The third-order valence-electron chi connectivity index (χ3n) is 4.04. The number of para-hydroxylation sites is 2. The van der Waals surface area contributed by atoms with Crippen LogP contribution in [0.3, 0.4) is 0 Å². The molecule has 2 N–H and O–H groups in total. The number of fused-ring (bicyclic) bond motifs is 2. The van der Waals surface area contributed by atoms with Gasteiger partial charge in [0.25, 0.3) is 5.91 Å². The minimum Gasteiger partial charge on any atom is -0.482 e. The molecule has 0 fully saturated rings. The van der Waals surface area contributed by atoms with Crippen LogP contribution in [-0.2, 0) is 9.59 Å². The highest BCUT2D eigenvalue weighted by Gasteiger charge is 2.34. The predicted octanol–water partition coefficient (Wildman–Crippen LogP) is 3.42. The Kier molecular flexibility index (Phi) is 4.41. The van der Waals surface area contributed by atoms with Crippen molar-refractivity contribution in [3.8, 4) is 11.5 Å². The highest BCUT2D eigenvalue weighted by molar-refractivity contribution is 7.22. The zero-order valence-corrected chi connectivity index (χ0v) is 15.5. The van der Waals surface area contributed by atoms with E-state index >= 15 is 0 Å². The predicted molar refractivity (Wildman–Crippen MR) is 104 cm³/mol. The van der Waals surface area contributed by atoms with Gasteiger partial charge in [-0.3, -0.25) is 14.9 Å². The van der Waals surface area contributed by atoms with Crippen LogP contribution in [0.2, 0.25) is 0 Å². The molecule has 2 aromatic carbocycles. The van der Waals surface area contributed by atoms with Crippen molar-refractivity contribution in [3.63, 3.8) is 0 Å². The van der Waals surface area contributed by atoms with Crippen molar-refractivity contribution in [1.82, 2.24) is 4.98 Å². The normalized spacial score (nSPS) is 18.1. The van der Waals surface area contributed by atoms with Gasteiger partial charge in [-0.25, -0.2) is 4.98 Å². The second kappa shape index (κ2) is 6.88. The van der Waals surface area contributed by atoms with E-state index in [2.05, 4.69) is 15.6 Å². The van der Waals surface area contributed by atoms with Gasteiger partial charge < -0.3 is 14.8 Å². The third-order valence-corrected chi connectivity index (χ3v) is 4.97. The molecule has 0 aliphatic carbocycles. The smallest absolute Gasteiger partial charge is 0.271 e. The third kappa shape index (κ3) is 3.56. The number of rotatable bonds is 3. The highest BCUT2D eigenvalue weighted by Crippen LogP contribution is 2.34. The lowest BCUT2D eigenvalue weighted by molar-refractivity contribution is -0.128. The molecule has 27 heavy (non-hydrogen) atoms. The van der Waals surface area contributed by atoms with E-state index in [9.17, 15) is 9.59 Å². The number of thiazole rings is 1. The summed E-state index contributed by atoms with van der Waals surface area (Å²) in [6.45, 7) is 3.24. The molecular formula is C19H17N3O4S. The number of anilines is 2. The molecule has 1 aromatic heterocycles. The number of aromatic nitrogens is 1. The average molecular weight is 383 g/mol. The first-order valence-electron chi connectivity index (χ1n) is 8.41. The molecule has 1 aliphatic heterocycles. The summed E-state index contributed by atoms with van der Waals surface area (Å²) in [6, 6.07) is 12.6. The maximum absolute atomic E-state index is 12.7. The number of amides is 2. The molecular weight excluding hydrogens is 366 g/mol. The quantitative estimate of drug-likeness (QED) is 0.723. The van der Waals surface area contributed by atoms with E-state index in [-0.39, 0.29) is 11.8 Å². The van der Waals surface area contributed by atoms with Crippen LogP contribution < -0.4 is 20.1 Å². The van der Waals surface area contributed by atoms with Crippen molar-refractivity contribution in [2.75, 3.05) is 10.6 Å². The standard InChI is InChI=1S/C19H17N3O4S/c1-10-17(26-15-6-4-3-5-14(15)25-10)18(24)22-19-21-13-8-7-12(20-11(2)23)9-16(13)27-19/h3-10,17H,1-2H3,(H,20,23)(H,21,22,24)/t10-,17-/m1/s1. The molecule has 1 aliphatic rings. The summed E-state index contributed by atoms with van der Waals surface area (Å²) in [4.78, 5) is 28.3. The van der Waals surface area contributed by atoms with E-state index < -0.39 is 12.2 Å². The zero-order chi connectivity index (χ0) is 19.0. The van der Waals surface area contributed by atoms with Gasteiger partial charge in [0.1, 0.15) is 6.10 Å². The van der Waals surface area contributed by atoms with Gasteiger partial charge in [-0.05, 0) is 37.3 Å². The van der Waals surface area contributed by atoms with Crippen molar-refractivity contribution in [1.29, 1.82) is 0 Å². The van der Waals surface area contributed by atoms with Gasteiger partial charge >= 0.3 is 0 Å². The van der Waals surface area contributed by atoms with E-state index in [0.717, 1.165) is 10.2 Å². The Morgan fingerprint density at radius 3 is 2.56 bits per heavy atom. The van der Waals surface area contributed by atoms with Crippen molar-refractivity contribution in [2.24, 2.45) is 0 Å². The van der Waals surface area contributed by atoms with E-state index in [4.69, 9.17) is 9.47 Å². The van der Waals surface area contributed by atoms with Gasteiger partial charge in [0.05, 0.1) is 10.2 Å². The Labute approximate surface area is 159 Å². The lowest BCUT2D eigenvalue weighted by Crippen LogP contribution is -2.46. The Morgan fingerprint density at radius 1 is 1.07 bits per heavy atom. The molecule has 138 valence electrons. The first kappa shape index (κ1) is 17.3. The fraction of sp³-hybridized carbons (Fsp3) is 0.211. The Morgan fingerprint density at radius 2 is 1.81 bits per heavy atom. The second-order valence-electron chi connectivity index (χ2n) is 6.18. The Balaban J connectivity index is 1.51. The van der Waals surface area contributed by atoms with Gasteiger partial charge in [0.2, 0.25) is 12.0 Å². The number of carbonyl (C=O) groups excluding carboxylic acids is 2. The van der Waals surface area contributed by atoms with Crippen LogP contribution in [-0.4, -0.2) is 29.0 Å². The van der Waals surface area contributed by atoms with Gasteiger partial charge in [-0.1, -0.05) is 23.5 Å². The summed E-state index contributed by atoms with van der Waals surface area (Å²) < 4.78 is 12.4. The largest absolute Gasteiger partial charge is 0.482 e. The van der Waals surface area contributed by atoms with Gasteiger partial charge in [0.15, 0.2) is 16.6 Å². The summed E-state index contributed by atoms with van der Waals surface area (Å²) in [5.41, 5.74) is 1.43. The monoisotopic (exact) mass is 383 g/mol. The average Bonchev–Trinajstić information content (AvgIpc) is 3.02. The van der Waals surface area contributed by atoms with Crippen molar-refractivity contribution >= 4 is 44.2 Å². The molecule has 8 heteroatoms. The molecule has 0 unspecified atom stereocenters. The number of nitrogens with zero attached hydrogens (tertiary/aromatic N) is 1. The van der Waals surface area contributed by atoms with Crippen LogP contribution in [0.25, 0.3) is 10.2 Å². The number of hydrogen-bond acceptors (Lipinski definition) is 6. The van der Waals surface area contributed by atoms with Crippen LogP contribution in [0.5, 0.6) is 11.5 Å². The van der Waals surface area contributed by atoms with E-state index in [1.165, 1.54) is 18.3 Å². The van der Waals surface area contributed by atoms with Gasteiger partial charge in [-0.15, -0.1) is 0 Å². The molecule has 7 nitrogen and oxygen atoms in total. The molecule has 3 aromatic rings. The molecule has 0 bridgehead atoms. The molecule has 4 rings (SSSR count). The molecule has 2 atom stereocenters. The van der Waals surface area contributed by atoms with E-state index in [0.29, 0.717) is 22.3 Å². The molecule has 0 saturated heterocycles. The molecule has 0 spiro atoms. The minimum absolute atomic E-state index is 0.142. The lowest BCUT2D eigenvalue weighted by Gasteiger charge is -2.30. The minimum atomic E-state index is -0.776. The molecule has 0 radical (unpaired) electrons. The summed E-state index contributed by atoms with van der Waals surface area (Å²) in [5.74, 6) is 0.703. The molecule has 2 amide bonds. The topological polar surface area (TPSA) is 89.6 Å². The number of nitrogens with one attached hydrogen (secondary N) is 2. The Bertz CT molecular complexity index is 1030. The highest BCUT2D eigenvalue weighted by atomic mass is 32.1. The maximum Gasteiger partial charge on any atom is 0.271 e. The summed E-state index contributed by atoms with van der Waals surface area (Å²) in [7, 11) is 0. The number of carbonyl (C=O) groups is 2. The first-order chi connectivity index (χ1) is 13.0. The zero-order valence-electron chi connectivity index (χ0n) is 14.7. The SMILES string of the molecule is CC(=O)Nc1ccc2nc(NC(=O)[C@@H]3Oc4ccccc4O[C@@H]3C)sc2c1. The van der Waals surface area contributed by atoms with E-state index in [1.54, 1.807) is 31.2 Å². The number of benzene rings is 2. The first-order valence-corrected chi connectivity index (χ1v) is 9.22. The van der Waals surface area contributed by atoms with Crippen molar-refractivity contribution in [3.05, 3.63) is 42.5 Å². The number of hydrogen-bond donors (Lipinski definition) is 2. The lowest BCUT2D eigenvalue weighted by atomic mass is 10.1. The molecule has 2 heterocycles. The van der Waals surface area contributed by atoms with Crippen LogP contribution in [0, 0.1) is 0 Å². The van der Waals surface area contributed by atoms with Crippen LogP contribution >= 0.6 is 11.3 Å². The Hall–Kier alpha value is -3.13. The van der Waals surface area contributed by atoms with Crippen LogP contribution in [0.4, 0.5) is 10.8 Å². The fourth-order valence-electron chi connectivity index (χ4n) is 2.84. The summed E-state index contributed by atoms with van der Waals surface area (Å²) in [6.07, 6.45) is -1.21.